The molecule has 3 N–H and O–H groups in total. The van der Waals surface area contributed by atoms with Crippen molar-refractivity contribution in [1.29, 1.82) is 0 Å². The van der Waals surface area contributed by atoms with Gasteiger partial charge in [0.15, 0.2) is 11.6 Å². The highest BCUT2D eigenvalue weighted by molar-refractivity contribution is 6.40. The molecule has 2 aromatic carbocycles. The number of ketones is 1. The van der Waals surface area contributed by atoms with Crippen LogP contribution in [0.15, 0.2) is 36.4 Å². The van der Waals surface area contributed by atoms with E-state index in [0.717, 1.165) is 55.3 Å². The molecule has 0 spiro atoms. The van der Waals surface area contributed by atoms with Crippen molar-refractivity contribution in [2.24, 2.45) is 14.1 Å². The van der Waals surface area contributed by atoms with Crippen LogP contribution in [-0.2, 0) is 49.6 Å². The number of hydrogen-bond donors (Lipinski definition) is 3. The highest BCUT2D eigenvalue weighted by Gasteiger charge is 2.28. The van der Waals surface area contributed by atoms with Crippen LogP contribution in [0.3, 0.4) is 0 Å². The van der Waals surface area contributed by atoms with Crippen LogP contribution < -0.4 is 10.6 Å². The number of carbonyl (C=O) groups excluding carboxylic acids is 3. The van der Waals surface area contributed by atoms with Gasteiger partial charge in [0.2, 0.25) is 0 Å². The van der Waals surface area contributed by atoms with E-state index in [1.165, 1.54) is 0 Å². The van der Waals surface area contributed by atoms with Crippen molar-refractivity contribution >= 4 is 58.1 Å². The molecule has 0 fully saturated rings. The number of carboxylic acid groups (broad SMARTS) is 1. The lowest BCUT2D eigenvalue weighted by atomic mass is 10.0. The maximum absolute atomic E-state index is 13.5. The van der Waals surface area contributed by atoms with Gasteiger partial charge in [0.1, 0.15) is 5.78 Å². The van der Waals surface area contributed by atoms with E-state index in [4.69, 9.17) is 28.3 Å². The number of fused-ring (bicyclic) bond motifs is 2. The molecule has 0 saturated carbocycles. The molecule has 52 heavy (non-hydrogen) atoms. The molecule has 0 atom stereocenters. The minimum atomic E-state index is -0.815. The van der Waals surface area contributed by atoms with E-state index in [9.17, 15) is 19.2 Å². The number of amides is 2. The topological polar surface area (TPSA) is 155 Å². The average Bonchev–Trinajstić information content (AvgIpc) is 3.62. The number of aliphatic carboxylic acids is 1. The summed E-state index contributed by atoms with van der Waals surface area (Å²) in [6, 6.07) is 10.5. The fourth-order valence-electron chi connectivity index (χ4n) is 6.99. The standard InChI is InChI=1S/C37H42Cl2N8O5/c1-22(48)8-6-16-46-18-14-29-27(20-46)40-34(44(29)2)36(51)42-25-11-4-9-23(32(25)38)24-10-5-12-26(33(24)39)43-37(52)35-41-28-21-47(17-7-13-31(49)50)19-15-30(28)45(35)3/h4-5,9-12H,6-8,13-21H2,1-3H3,(H,42,51)(H,43,52)(H,49,50). The Morgan fingerprint density at radius 1 is 0.731 bits per heavy atom. The van der Waals surface area contributed by atoms with Gasteiger partial charge in [-0.15, -0.1) is 0 Å². The number of imidazole rings is 2. The Kier molecular flexibility index (Phi) is 11.4. The van der Waals surface area contributed by atoms with Crippen LogP contribution in [-0.4, -0.2) is 83.8 Å². The van der Waals surface area contributed by atoms with Crippen molar-refractivity contribution < 1.29 is 24.3 Å². The Labute approximate surface area is 311 Å². The number of rotatable bonds is 13. The molecule has 0 bridgehead atoms. The maximum Gasteiger partial charge on any atom is 0.303 e. The van der Waals surface area contributed by atoms with E-state index in [1.54, 1.807) is 47.9 Å². The van der Waals surface area contributed by atoms with Gasteiger partial charge >= 0.3 is 5.97 Å². The third-order valence-corrected chi connectivity index (χ3v) is 10.5. The number of benzene rings is 2. The maximum atomic E-state index is 13.5. The molecule has 4 aromatic rings. The van der Waals surface area contributed by atoms with Crippen molar-refractivity contribution in [1.82, 2.24) is 28.9 Å². The van der Waals surface area contributed by atoms with Crippen molar-refractivity contribution in [3.63, 3.8) is 0 Å². The zero-order valence-corrected chi connectivity index (χ0v) is 31.0. The van der Waals surface area contributed by atoms with Gasteiger partial charge in [0, 0.05) is 88.5 Å². The van der Waals surface area contributed by atoms with Gasteiger partial charge in [-0.3, -0.25) is 24.2 Å². The van der Waals surface area contributed by atoms with Crippen molar-refractivity contribution in [2.75, 3.05) is 36.8 Å². The first-order valence-corrected chi connectivity index (χ1v) is 18.1. The molecule has 2 aromatic heterocycles. The third kappa shape index (κ3) is 8.07. The normalized spacial score (nSPS) is 14.5. The van der Waals surface area contributed by atoms with Gasteiger partial charge in [-0.2, -0.15) is 0 Å². The van der Waals surface area contributed by atoms with Crippen molar-refractivity contribution in [3.8, 4) is 11.1 Å². The molecular formula is C37H42Cl2N8O5. The van der Waals surface area contributed by atoms with Crippen LogP contribution >= 0.6 is 23.2 Å². The number of carbonyl (C=O) groups is 4. The zero-order chi connectivity index (χ0) is 37.1. The van der Waals surface area contributed by atoms with Gasteiger partial charge < -0.3 is 29.7 Å². The molecule has 2 amide bonds. The summed E-state index contributed by atoms with van der Waals surface area (Å²) in [6.07, 6.45) is 3.46. The molecule has 274 valence electrons. The minimum absolute atomic E-state index is 0.112. The fraction of sp³-hybridized carbons (Fsp3) is 0.405. The summed E-state index contributed by atoms with van der Waals surface area (Å²) >= 11 is 13.8. The summed E-state index contributed by atoms with van der Waals surface area (Å²) in [6.45, 7) is 5.80. The Bertz CT molecular complexity index is 1900. The quantitative estimate of drug-likeness (QED) is 0.159. The van der Waals surface area contributed by atoms with E-state index in [2.05, 4.69) is 30.4 Å². The monoisotopic (exact) mass is 748 g/mol. The van der Waals surface area contributed by atoms with E-state index in [0.29, 0.717) is 61.4 Å². The minimum Gasteiger partial charge on any atom is -0.481 e. The predicted octanol–water partition coefficient (Wildman–Crippen LogP) is 5.58. The summed E-state index contributed by atoms with van der Waals surface area (Å²) in [5.41, 5.74) is 5.53. The number of carboxylic acids is 1. The average molecular weight is 750 g/mol. The first kappa shape index (κ1) is 37.2. The van der Waals surface area contributed by atoms with E-state index >= 15 is 0 Å². The Balaban J connectivity index is 1.15. The fourth-order valence-corrected chi connectivity index (χ4v) is 7.54. The summed E-state index contributed by atoms with van der Waals surface area (Å²) in [7, 11) is 3.65. The summed E-state index contributed by atoms with van der Waals surface area (Å²) in [5.74, 6) is -0.922. The third-order valence-electron chi connectivity index (χ3n) is 9.73. The number of Topliss-reactive ketones (excluding diaryl/α,β-unsaturated/α-hetero) is 1. The van der Waals surface area contributed by atoms with Gasteiger partial charge in [0.05, 0.1) is 32.8 Å². The first-order chi connectivity index (χ1) is 24.9. The lowest BCUT2D eigenvalue weighted by Gasteiger charge is -2.26. The largest absolute Gasteiger partial charge is 0.481 e. The van der Waals surface area contributed by atoms with Gasteiger partial charge in [-0.25, -0.2) is 9.97 Å². The number of nitrogens with zero attached hydrogens (tertiary/aromatic N) is 6. The number of hydrogen-bond acceptors (Lipinski definition) is 8. The molecule has 15 heteroatoms. The first-order valence-electron chi connectivity index (χ1n) is 17.4. The summed E-state index contributed by atoms with van der Waals surface area (Å²) in [5, 5.41) is 15.3. The molecule has 0 unspecified atom stereocenters. The van der Waals surface area contributed by atoms with Crippen LogP contribution in [0.5, 0.6) is 0 Å². The molecule has 0 radical (unpaired) electrons. The Morgan fingerprint density at radius 2 is 1.17 bits per heavy atom. The molecule has 0 saturated heterocycles. The summed E-state index contributed by atoms with van der Waals surface area (Å²) in [4.78, 5) is 63.1. The number of halogens is 2. The SMILES string of the molecule is CC(=O)CCCN1CCc2c(nc(C(=O)Nc3cccc(-c4cccc(NC(=O)c5nc6c(n5C)CCN(CCCC(=O)O)C6)c4Cl)c3Cl)n2C)C1. The molecule has 2 aliphatic rings. The lowest BCUT2D eigenvalue weighted by Crippen LogP contribution is -2.32. The number of anilines is 2. The van der Waals surface area contributed by atoms with Gasteiger partial charge in [-0.05, 0) is 45.0 Å². The van der Waals surface area contributed by atoms with Crippen molar-refractivity contribution in [2.45, 2.75) is 58.5 Å². The van der Waals surface area contributed by atoms with Crippen LogP contribution in [0, 0.1) is 0 Å². The molecule has 6 rings (SSSR count). The summed E-state index contributed by atoms with van der Waals surface area (Å²) < 4.78 is 3.62. The second-order valence-corrected chi connectivity index (χ2v) is 14.1. The highest BCUT2D eigenvalue weighted by atomic mass is 35.5. The predicted molar refractivity (Wildman–Crippen MR) is 199 cm³/mol. The van der Waals surface area contributed by atoms with Gasteiger partial charge in [0.25, 0.3) is 11.8 Å². The van der Waals surface area contributed by atoms with Crippen LogP contribution in [0.1, 0.15) is 76.6 Å². The molecule has 4 heterocycles. The van der Waals surface area contributed by atoms with E-state index in [-0.39, 0.29) is 33.9 Å². The number of aromatic nitrogens is 4. The smallest absolute Gasteiger partial charge is 0.303 e. The number of nitrogens with one attached hydrogen (secondary N) is 2. The second kappa shape index (κ2) is 16.0. The zero-order valence-electron chi connectivity index (χ0n) is 29.5. The van der Waals surface area contributed by atoms with Crippen molar-refractivity contribution in [3.05, 3.63) is 80.9 Å². The Hall–Kier alpha value is -4.56. The van der Waals surface area contributed by atoms with E-state index < -0.39 is 17.8 Å². The second-order valence-electron chi connectivity index (χ2n) is 13.4. The van der Waals surface area contributed by atoms with Crippen LogP contribution in [0.25, 0.3) is 11.1 Å². The lowest BCUT2D eigenvalue weighted by molar-refractivity contribution is -0.137. The molecule has 13 nitrogen and oxygen atoms in total. The Morgan fingerprint density at radius 3 is 1.60 bits per heavy atom. The molecule has 0 aliphatic carbocycles. The molecular weight excluding hydrogens is 707 g/mol. The highest BCUT2D eigenvalue weighted by Crippen LogP contribution is 2.40. The molecule has 2 aliphatic heterocycles. The van der Waals surface area contributed by atoms with Crippen LogP contribution in [0.2, 0.25) is 10.0 Å². The van der Waals surface area contributed by atoms with E-state index in [1.807, 2.05) is 18.7 Å². The van der Waals surface area contributed by atoms with Crippen LogP contribution in [0.4, 0.5) is 11.4 Å². The van der Waals surface area contributed by atoms with Gasteiger partial charge in [-0.1, -0.05) is 47.5 Å².